The first-order valence-electron chi connectivity index (χ1n) is 3.41. The van der Waals surface area contributed by atoms with E-state index in [-0.39, 0.29) is 0 Å². The highest BCUT2D eigenvalue weighted by Gasteiger charge is 2.25. The van der Waals surface area contributed by atoms with Gasteiger partial charge in [-0.15, -0.1) is 0 Å². The summed E-state index contributed by atoms with van der Waals surface area (Å²) in [5.41, 5.74) is 1.27. The fourth-order valence-electron chi connectivity index (χ4n) is 1.12. The summed E-state index contributed by atoms with van der Waals surface area (Å²) in [5, 5.41) is -0.956. The zero-order valence-electron chi connectivity index (χ0n) is 6.53. The smallest absolute Gasteiger partial charge is 0.275 e. The molecule has 4 heteroatoms. The lowest BCUT2D eigenvalue weighted by atomic mass is 9.99. The van der Waals surface area contributed by atoms with E-state index in [1.807, 2.05) is 0 Å². The largest absolute Gasteiger partial charge is 0.285 e. The third-order valence-corrected chi connectivity index (χ3v) is 2.82. The van der Waals surface area contributed by atoms with Gasteiger partial charge in [0.2, 0.25) is 0 Å². The van der Waals surface area contributed by atoms with Crippen molar-refractivity contribution in [2.75, 3.05) is 0 Å². The molecule has 1 aliphatic rings. The normalized spacial score (nSPS) is 24.6. The second-order valence-corrected chi connectivity index (χ2v) is 4.33. The van der Waals surface area contributed by atoms with E-state index in [0.29, 0.717) is 12.0 Å². The molecule has 12 heavy (non-hydrogen) atoms. The van der Waals surface area contributed by atoms with Crippen molar-refractivity contribution in [3.05, 3.63) is 36.5 Å². The molecule has 0 heterocycles. The molecular weight excluding hydrogens is 176 g/mol. The van der Waals surface area contributed by atoms with Crippen LogP contribution < -0.4 is 0 Å². The van der Waals surface area contributed by atoms with E-state index in [1.165, 1.54) is 6.08 Å². The van der Waals surface area contributed by atoms with E-state index in [1.54, 1.807) is 6.08 Å². The van der Waals surface area contributed by atoms with Crippen LogP contribution in [0.25, 0.3) is 0 Å². The monoisotopic (exact) mass is 186 g/mol. The van der Waals surface area contributed by atoms with Crippen molar-refractivity contribution in [2.24, 2.45) is 0 Å². The molecule has 0 spiro atoms. The van der Waals surface area contributed by atoms with Crippen LogP contribution in [-0.2, 0) is 10.1 Å². The van der Waals surface area contributed by atoms with Crippen LogP contribution >= 0.6 is 0 Å². The summed E-state index contributed by atoms with van der Waals surface area (Å²) in [6, 6.07) is 0. The van der Waals surface area contributed by atoms with Crippen LogP contribution in [0, 0.1) is 0 Å². The fourth-order valence-corrected chi connectivity index (χ4v) is 1.90. The van der Waals surface area contributed by atoms with Gasteiger partial charge in [-0.05, 0) is 12.0 Å². The summed E-state index contributed by atoms with van der Waals surface area (Å²) in [6.07, 6.45) is 3.41. The Morgan fingerprint density at radius 3 is 2.50 bits per heavy atom. The molecule has 66 valence electrons. The van der Waals surface area contributed by atoms with Crippen molar-refractivity contribution in [3.8, 4) is 0 Å². The molecule has 0 saturated carbocycles. The van der Waals surface area contributed by atoms with E-state index >= 15 is 0 Å². The molecule has 0 aromatic rings. The summed E-state index contributed by atoms with van der Waals surface area (Å²) < 4.78 is 30.2. The molecule has 0 aliphatic heterocycles. The van der Waals surface area contributed by atoms with Gasteiger partial charge in [-0.3, -0.25) is 4.55 Å². The SMILES string of the molecule is C=C1C=CC(S(=O)(=O)O)C(=C)C1. The zero-order valence-corrected chi connectivity index (χ0v) is 7.34. The van der Waals surface area contributed by atoms with E-state index in [9.17, 15) is 8.42 Å². The van der Waals surface area contributed by atoms with E-state index in [2.05, 4.69) is 13.2 Å². The minimum Gasteiger partial charge on any atom is -0.285 e. The topological polar surface area (TPSA) is 54.4 Å². The number of rotatable bonds is 1. The Morgan fingerprint density at radius 2 is 2.08 bits per heavy atom. The molecule has 1 aliphatic carbocycles. The average molecular weight is 186 g/mol. The predicted octanol–water partition coefficient (Wildman–Crippen LogP) is 1.32. The van der Waals surface area contributed by atoms with Gasteiger partial charge >= 0.3 is 0 Å². The maximum absolute atomic E-state index is 10.7. The summed E-state index contributed by atoms with van der Waals surface area (Å²) in [6.45, 7) is 7.22. The van der Waals surface area contributed by atoms with Gasteiger partial charge in [-0.1, -0.05) is 30.9 Å². The van der Waals surface area contributed by atoms with E-state index < -0.39 is 15.4 Å². The molecule has 1 atom stereocenters. The molecule has 0 aromatic carbocycles. The highest BCUT2D eigenvalue weighted by Crippen LogP contribution is 2.24. The maximum atomic E-state index is 10.7. The lowest BCUT2D eigenvalue weighted by Gasteiger charge is -2.17. The summed E-state index contributed by atoms with van der Waals surface area (Å²) in [4.78, 5) is 0. The third kappa shape index (κ3) is 1.84. The van der Waals surface area contributed by atoms with E-state index in [0.717, 1.165) is 5.57 Å². The molecule has 1 N–H and O–H groups in total. The van der Waals surface area contributed by atoms with Gasteiger partial charge in [-0.25, -0.2) is 0 Å². The molecule has 0 saturated heterocycles. The number of allylic oxidation sites excluding steroid dienone is 2. The predicted molar refractivity (Wildman–Crippen MR) is 47.4 cm³/mol. The van der Waals surface area contributed by atoms with Crippen molar-refractivity contribution in [1.29, 1.82) is 0 Å². The second-order valence-electron chi connectivity index (χ2n) is 2.79. The molecule has 0 amide bonds. The molecule has 0 radical (unpaired) electrons. The summed E-state index contributed by atoms with van der Waals surface area (Å²) >= 11 is 0. The van der Waals surface area contributed by atoms with Gasteiger partial charge in [0.25, 0.3) is 10.1 Å². The second kappa shape index (κ2) is 2.88. The van der Waals surface area contributed by atoms with Crippen molar-refractivity contribution in [3.63, 3.8) is 0 Å². The molecule has 1 rings (SSSR count). The van der Waals surface area contributed by atoms with Gasteiger partial charge in [0.15, 0.2) is 0 Å². The average Bonchev–Trinajstić information content (AvgIpc) is 1.83. The first kappa shape index (κ1) is 9.22. The van der Waals surface area contributed by atoms with Crippen molar-refractivity contribution in [1.82, 2.24) is 0 Å². The van der Waals surface area contributed by atoms with Crippen molar-refractivity contribution >= 4 is 10.1 Å². The first-order chi connectivity index (χ1) is 5.41. The highest BCUT2D eigenvalue weighted by molar-refractivity contribution is 7.86. The van der Waals surface area contributed by atoms with Gasteiger partial charge in [0, 0.05) is 0 Å². The van der Waals surface area contributed by atoms with Crippen LogP contribution in [0.4, 0.5) is 0 Å². The minimum atomic E-state index is -4.03. The first-order valence-corrected chi connectivity index (χ1v) is 4.91. The Morgan fingerprint density at radius 1 is 1.50 bits per heavy atom. The Hall–Kier alpha value is -0.870. The molecule has 0 aromatic heterocycles. The lowest BCUT2D eigenvalue weighted by Crippen LogP contribution is -2.22. The Kier molecular flexibility index (Phi) is 2.21. The van der Waals surface area contributed by atoms with Gasteiger partial charge in [-0.2, -0.15) is 8.42 Å². The molecule has 0 fully saturated rings. The van der Waals surface area contributed by atoms with Gasteiger partial charge in [0.05, 0.1) is 0 Å². The van der Waals surface area contributed by atoms with Crippen LogP contribution in [-0.4, -0.2) is 18.2 Å². The van der Waals surface area contributed by atoms with Crippen molar-refractivity contribution < 1.29 is 13.0 Å². The molecule has 3 nitrogen and oxygen atoms in total. The Labute approximate surface area is 71.8 Å². The Balaban J connectivity index is 3.03. The van der Waals surface area contributed by atoms with Crippen LogP contribution in [0.3, 0.4) is 0 Å². The Bertz CT molecular complexity index is 348. The van der Waals surface area contributed by atoms with E-state index in [4.69, 9.17) is 4.55 Å². The number of hydrogen-bond donors (Lipinski definition) is 1. The minimum absolute atomic E-state index is 0.432. The highest BCUT2D eigenvalue weighted by atomic mass is 32.2. The van der Waals surface area contributed by atoms with Gasteiger partial charge in [0.1, 0.15) is 5.25 Å². The quantitative estimate of drug-likeness (QED) is 0.496. The van der Waals surface area contributed by atoms with Crippen LogP contribution in [0.2, 0.25) is 0 Å². The molecule has 0 bridgehead atoms. The maximum Gasteiger partial charge on any atom is 0.275 e. The standard InChI is InChI=1S/C8H10O3S/c1-6-3-4-8(7(2)5-6)12(9,10)11/h3-4,8H,1-2,5H2,(H,9,10,11). The van der Waals surface area contributed by atoms with Crippen molar-refractivity contribution in [2.45, 2.75) is 11.7 Å². The van der Waals surface area contributed by atoms with Gasteiger partial charge < -0.3 is 0 Å². The third-order valence-electron chi connectivity index (χ3n) is 1.68. The summed E-state index contributed by atoms with van der Waals surface area (Å²) in [7, 11) is -4.03. The zero-order chi connectivity index (χ0) is 9.35. The lowest BCUT2D eigenvalue weighted by molar-refractivity contribution is 0.478. The molecular formula is C8H10O3S. The van der Waals surface area contributed by atoms with Crippen LogP contribution in [0.15, 0.2) is 36.5 Å². The number of hydrogen-bond acceptors (Lipinski definition) is 2. The fraction of sp³-hybridized carbons (Fsp3) is 0.250. The van der Waals surface area contributed by atoms with Crippen LogP contribution in [0.1, 0.15) is 6.42 Å². The van der Waals surface area contributed by atoms with Crippen LogP contribution in [0.5, 0.6) is 0 Å². The summed E-state index contributed by atoms with van der Waals surface area (Å²) in [5.74, 6) is 0. The molecule has 1 unspecified atom stereocenters.